The minimum Gasteiger partial charge on any atom is -0.355 e. The second-order valence-corrected chi connectivity index (χ2v) is 6.44. The summed E-state index contributed by atoms with van der Waals surface area (Å²) < 4.78 is 13.4. The molecule has 5 heteroatoms. The Morgan fingerprint density at radius 3 is 2.83 bits per heavy atom. The van der Waals surface area contributed by atoms with Crippen LogP contribution in [0.5, 0.6) is 0 Å². The van der Waals surface area contributed by atoms with E-state index in [4.69, 9.17) is 0 Å². The molecule has 1 aromatic carbocycles. The van der Waals surface area contributed by atoms with Gasteiger partial charge in [0.1, 0.15) is 11.6 Å². The van der Waals surface area contributed by atoms with Crippen molar-refractivity contribution in [2.45, 2.75) is 31.7 Å². The number of carbonyl (C=O) groups excluding carboxylic acids is 1. The van der Waals surface area contributed by atoms with Crippen LogP contribution in [0.15, 0.2) is 30.3 Å². The summed E-state index contributed by atoms with van der Waals surface area (Å²) in [7, 11) is 0. The molecule has 0 aliphatic carbocycles. The van der Waals surface area contributed by atoms with Crippen molar-refractivity contribution in [1.82, 2.24) is 9.88 Å². The number of aromatic nitrogens is 1. The van der Waals surface area contributed by atoms with Gasteiger partial charge in [0.2, 0.25) is 5.91 Å². The summed E-state index contributed by atoms with van der Waals surface area (Å²) in [5.74, 6) is 0.895. The lowest BCUT2D eigenvalue weighted by atomic mass is 10.0. The molecule has 1 atom stereocenters. The van der Waals surface area contributed by atoms with E-state index in [2.05, 4.69) is 9.88 Å². The van der Waals surface area contributed by atoms with Crippen molar-refractivity contribution < 1.29 is 9.18 Å². The minimum atomic E-state index is -0.263. The van der Waals surface area contributed by atoms with Gasteiger partial charge in [-0.2, -0.15) is 0 Å². The van der Waals surface area contributed by atoms with Crippen molar-refractivity contribution >= 4 is 22.6 Å². The quantitative estimate of drug-likeness (QED) is 0.855. The zero-order chi connectivity index (χ0) is 15.8. The number of benzene rings is 1. The second kappa shape index (κ2) is 5.80. The van der Waals surface area contributed by atoms with Crippen molar-refractivity contribution in [3.8, 4) is 0 Å². The fraction of sp³-hybridized carbons (Fsp3) is 0.444. The molecule has 0 bridgehead atoms. The summed E-state index contributed by atoms with van der Waals surface area (Å²) in [5.41, 5.74) is 0.682. The normalized spacial score (nSPS) is 22.1. The molecule has 23 heavy (non-hydrogen) atoms. The monoisotopic (exact) mass is 313 g/mol. The summed E-state index contributed by atoms with van der Waals surface area (Å²) >= 11 is 0. The van der Waals surface area contributed by atoms with Gasteiger partial charge in [0.05, 0.1) is 5.52 Å². The first-order chi connectivity index (χ1) is 11.2. The highest BCUT2D eigenvalue weighted by Crippen LogP contribution is 2.26. The Kier molecular flexibility index (Phi) is 3.63. The summed E-state index contributed by atoms with van der Waals surface area (Å²) in [4.78, 5) is 20.9. The molecule has 0 radical (unpaired) electrons. The Balaban J connectivity index is 1.58. The van der Waals surface area contributed by atoms with Gasteiger partial charge in [-0.1, -0.05) is 0 Å². The first kappa shape index (κ1) is 14.4. The molecule has 1 unspecified atom stereocenters. The molecule has 1 aromatic heterocycles. The first-order valence-electron chi connectivity index (χ1n) is 8.31. The Hall–Kier alpha value is -2.17. The number of pyridine rings is 1. The third kappa shape index (κ3) is 2.76. The maximum Gasteiger partial charge on any atom is 0.222 e. The van der Waals surface area contributed by atoms with E-state index in [9.17, 15) is 9.18 Å². The second-order valence-electron chi connectivity index (χ2n) is 6.44. The highest BCUT2D eigenvalue weighted by Gasteiger charge is 2.31. The van der Waals surface area contributed by atoms with E-state index in [0.29, 0.717) is 11.9 Å². The molecule has 0 saturated carbocycles. The molecule has 2 aliphatic heterocycles. The van der Waals surface area contributed by atoms with Gasteiger partial charge in [-0.3, -0.25) is 4.79 Å². The zero-order valence-corrected chi connectivity index (χ0v) is 13.0. The topological polar surface area (TPSA) is 36.4 Å². The first-order valence-corrected chi connectivity index (χ1v) is 8.31. The molecule has 4 nitrogen and oxygen atoms in total. The van der Waals surface area contributed by atoms with E-state index in [1.807, 2.05) is 17.0 Å². The van der Waals surface area contributed by atoms with Crippen LogP contribution in [0.4, 0.5) is 10.2 Å². The van der Waals surface area contributed by atoms with Crippen LogP contribution in [0.25, 0.3) is 10.9 Å². The number of amides is 1. The van der Waals surface area contributed by atoms with Crippen LogP contribution in [-0.2, 0) is 4.79 Å². The molecule has 0 spiro atoms. The Morgan fingerprint density at radius 1 is 1.13 bits per heavy atom. The highest BCUT2D eigenvalue weighted by atomic mass is 19.1. The fourth-order valence-electron chi connectivity index (χ4n) is 3.73. The van der Waals surface area contributed by atoms with Crippen molar-refractivity contribution in [2.75, 3.05) is 24.5 Å². The van der Waals surface area contributed by atoms with E-state index in [1.165, 1.54) is 12.1 Å². The number of rotatable bonds is 2. The number of piperidine rings is 1. The van der Waals surface area contributed by atoms with Crippen molar-refractivity contribution in [3.05, 3.63) is 36.1 Å². The summed E-state index contributed by atoms with van der Waals surface area (Å²) in [6.45, 7) is 2.64. The summed E-state index contributed by atoms with van der Waals surface area (Å²) in [5, 5.41) is 0.943. The maximum atomic E-state index is 13.4. The number of anilines is 1. The number of likely N-dealkylation sites (tertiary alicyclic amines) is 1. The van der Waals surface area contributed by atoms with E-state index >= 15 is 0 Å². The third-order valence-corrected chi connectivity index (χ3v) is 4.91. The van der Waals surface area contributed by atoms with Gasteiger partial charge in [0.25, 0.3) is 0 Å². The van der Waals surface area contributed by atoms with Gasteiger partial charge >= 0.3 is 0 Å². The summed E-state index contributed by atoms with van der Waals surface area (Å²) in [6, 6.07) is 8.95. The zero-order valence-electron chi connectivity index (χ0n) is 13.0. The molecule has 120 valence electrons. The standard InChI is InChI=1S/C18H20FN3O/c19-14-7-5-13-6-8-17(20-16(13)11-14)21-9-1-3-15(12-21)22-10-2-4-18(22)23/h5-8,11,15H,1-4,9-10,12H2. The molecule has 2 fully saturated rings. The lowest BCUT2D eigenvalue weighted by molar-refractivity contribution is -0.129. The van der Waals surface area contributed by atoms with Crippen molar-refractivity contribution in [2.24, 2.45) is 0 Å². The van der Waals surface area contributed by atoms with Gasteiger partial charge < -0.3 is 9.80 Å². The molecule has 1 amide bonds. The summed E-state index contributed by atoms with van der Waals surface area (Å²) in [6.07, 6.45) is 3.77. The molecule has 2 aliphatic rings. The van der Waals surface area contributed by atoms with Crippen LogP contribution in [0.1, 0.15) is 25.7 Å². The van der Waals surface area contributed by atoms with Crippen LogP contribution in [-0.4, -0.2) is 41.5 Å². The number of halogens is 1. The van der Waals surface area contributed by atoms with Crippen molar-refractivity contribution in [3.63, 3.8) is 0 Å². The van der Waals surface area contributed by atoms with Crippen LogP contribution in [0.3, 0.4) is 0 Å². The van der Waals surface area contributed by atoms with Gasteiger partial charge in [0.15, 0.2) is 0 Å². The lowest BCUT2D eigenvalue weighted by Gasteiger charge is -2.38. The number of nitrogens with zero attached hydrogens (tertiary/aromatic N) is 3. The fourth-order valence-corrected chi connectivity index (χ4v) is 3.73. The van der Waals surface area contributed by atoms with Gasteiger partial charge in [-0.25, -0.2) is 9.37 Å². The van der Waals surface area contributed by atoms with E-state index in [0.717, 1.165) is 50.1 Å². The maximum absolute atomic E-state index is 13.4. The highest BCUT2D eigenvalue weighted by molar-refractivity contribution is 5.80. The predicted molar refractivity (Wildman–Crippen MR) is 87.9 cm³/mol. The number of carbonyl (C=O) groups is 1. The molecule has 2 saturated heterocycles. The number of hydrogen-bond acceptors (Lipinski definition) is 3. The number of hydrogen-bond donors (Lipinski definition) is 0. The van der Waals surface area contributed by atoms with Gasteiger partial charge in [-0.15, -0.1) is 0 Å². The van der Waals surface area contributed by atoms with Crippen LogP contribution in [0.2, 0.25) is 0 Å². The lowest BCUT2D eigenvalue weighted by Crippen LogP contribution is -2.48. The third-order valence-electron chi connectivity index (χ3n) is 4.91. The van der Waals surface area contributed by atoms with Gasteiger partial charge in [-0.05, 0) is 43.5 Å². The molecule has 3 heterocycles. The van der Waals surface area contributed by atoms with Crippen LogP contribution < -0.4 is 4.90 Å². The smallest absolute Gasteiger partial charge is 0.222 e. The molecule has 4 rings (SSSR count). The van der Waals surface area contributed by atoms with Crippen molar-refractivity contribution in [1.29, 1.82) is 0 Å². The Labute approximate surface area is 134 Å². The van der Waals surface area contributed by atoms with E-state index in [1.54, 1.807) is 6.07 Å². The molecular weight excluding hydrogens is 293 g/mol. The van der Waals surface area contributed by atoms with Gasteiger partial charge in [0, 0.05) is 43.5 Å². The minimum absolute atomic E-state index is 0.263. The largest absolute Gasteiger partial charge is 0.355 e. The van der Waals surface area contributed by atoms with E-state index < -0.39 is 0 Å². The molecule has 0 N–H and O–H groups in total. The molecule has 2 aromatic rings. The molecular formula is C18H20FN3O. The average Bonchev–Trinajstić information content (AvgIpc) is 3.00. The average molecular weight is 313 g/mol. The van der Waals surface area contributed by atoms with Crippen LogP contribution in [0, 0.1) is 5.82 Å². The predicted octanol–water partition coefficient (Wildman–Crippen LogP) is 2.97. The SMILES string of the molecule is O=C1CCCN1C1CCCN(c2ccc3ccc(F)cc3n2)C1. The Bertz CT molecular complexity index is 748. The Morgan fingerprint density at radius 2 is 2.00 bits per heavy atom. The number of fused-ring (bicyclic) bond motifs is 1. The van der Waals surface area contributed by atoms with Crippen LogP contribution >= 0.6 is 0 Å². The van der Waals surface area contributed by atoms with E-state index in [-0.39, 0.29) is 17.8 Å².